The van der Waals surface area contributed by atoms with Gasteiger partial charge in [-0.1, -0.05) is 11.6 Å². The molecule has 0 unspecified atom stereocenters. The topological polar surface area (TPSA) is 101 Å². The number of halogens is 1. The molecule has 1 aliphatic rings. The first kappa shape index (κ1) is 19.0. The number of ether oxygens (including phenoxy) is 1. The van der Waals surface area contributed by atoms with Gasteiger partial charge in [0, 0.05) is 40.4 Å². The molecule has 8 heteroatoms. The predicted molar refractivity (Wildman–Crippen MR) is 107 cm³/mol. The zero-order chi connectivity index (χ0) is 20.5. The molecule has 1 atom stereocenters. The van der Waals surface area contributed by atoms with Gasteiger partial charge in [0.25, 0.3) is 11.5 Å². The van der Waals surface area contributed by atoms with Crippen LogP contribution in [-0.4, -0.2) is 23.8 Å². The van der Waals surface area contributed by atoms with Crippen LogP contribution in [0.3, 0.4) is 0 Å². The Morgan fingerprint density at radius 1 is 1.24 bits per heavy atom. The fraction of sp³-hybridized carbons (Fsp3) is 0.190. The highest BCUT2D eigenvalue weighted by atomic mass is 35.5. The van der Waals surface area contributed by atoms with Crippen LogP contribution >= 0.6 is 11.6 Å². The second kappa shape index (κ2) is 7.60. The number of methoxy groups -OCH3 is 1. The maximum Gasteiger partial charge on any atom is 0.261 e. The van der Waals surface area contributed by atoms with Gasteiger partial charge in [-0.3, -0.25) is 14.4 Å². The Bertz CT molecular complexity index is 1150. The van der Waals surface area contributed by atoms with Gasteiger partial charge in [-0.15, -0.1) is 0 Å². The summed E-state index contributed by atoms with van der Waals surface area (Å²) < 4.78 is 10.5. The maximum absolute atomic E-state index is 12.6. The van der Waals surface area contributed by atoms with Crippen LogP contribution in [0.25, 0.3) is 0 Å². The van der Waals surface area contributed by atoms with E-state index >= 15 is 0 Å². The summed E-state index contributed by atoms with van der Waals surface area (Å²) >= 11 is 6.01. The number of amides is 1. The number of rotatable bonds is 4. The van der Waals surface area contributed by atoms with Crippen LogP contribution in [0.5, 0.6) is 5.75 Å². The first-order valence-electron chi connectivity index (χ1n) is 8.93. The van der Waals surface area contributed by atoms with E-state index in [1.807, 2.05) is 6.07 Å². The Hall–Kier alpha value is -3.32. The zero-order valence-electron chi connectivity index (χ0n) is 15.5. The van der Waals surface area contributed by atoms with Crippen LogP contribution in [0.2, 0.25) is 5.02 Å². The SMILES string of the molecule is COc1cc(Cl)cc(NC(=O)c2cc3c([nH]c2=O)C[C@H](c2ccco2)CC3=O)c1. The number of hydrogen-bond donors (Lipinski definition) is 2. The molecule has 29 heavy (non-hydrogen) atoms. The van der Waals surface area contributed by atoms with Crippen molar-refractivity contribution in [3.8, 4) is 5.75 Å². The van der Waals surface area contributed by atoms with Gasteiger partial charge in [-0.2, -0.15) is 0 Å². The summed E-state index contributed by atoms with van der Waals surface area (Å²) in [7, 11) is 1.48. The molecule has 1 aromatic carbocycles. The van der Waals surface area contributed by atoms with Crippen molar-refractivity contribution in [2.45, 2.75) is 18.8 Å². The van der Waals surface area contributed by atoms with Crippen molar-refractivity contribution in [1.82, 2.24) is 4.98 Å². The number of fused-ring (bicyclic) bond motifs is 1. The Labute approximate surface area is 170 Å². The van der Waals surface area contributed by atoms with Crippen molar-refractivity contribution in [3.63, 3.8) is 0 Å². The molecular formula is C21H17ClN2O5. The highest BCUT2D eigenvalue weighted by Gasteiger charge is 2.30. The number of nitrogens with one attached hydrogen (secondary N) is 2. The number of Topliss-reactive ketones (excluding diaryl/α,β-unsaturated/α-hetero) is 1. The summed E-state index contributed by atoms with van der Waals surface area (Å²) in [6.45, 7) is 0. The first-order valence-corrected chi connectivity index (χ1v) is 9.31. The van der Waals surface area contributed by atoms with E-state index in [2.05, 4.69) is 10.3 Å². The lowest BCUT2D eigenvalue weighted by atomic mass is 9.84. The Kier molecular flexibility index (Phi) is 4.98. The summed E-state index contributed by atoms with van der Waals surface area (Å²) in [6.07, 6.45) is 2.26. The molecule has 0 fully saturated rings. The monoisotopic (exact) mass is 412 g/mol. The van der Waals surface area contributed by atoms with E-state index in [4.69, 9.17) is 20.8 Å². The fourth-order valence-electron chi connectivity index (χ4n) is 3.48. The van der Waals surface area contributed by atoms with Gasteiger partial charge in [0.05, 0.1) is 13.4 Å². The number of carbonyl (C=O) groups excluding carboxylic acids is 2. The van der Waals surface area contributed by atoms with Crippen molar-refractivity contribution < 1.29 is 18.7 Å². The van der Waals surface area contributed by atoms with Gasteiger partial charge in [0.1, 0.15) is 17.1 Å². The van der Waals surface area contributed by atoms with Gasteiger partial charge < -0.3 is 19.5 Å². The molecule has 0 saturated carbocycles. The molecule has 1 amide bonds. The molecule has 4 rings (SSSR count). The maximum atomic E-state index is 12.6. The van der Waals surface area contributed by atoms with Crippen LogP contribution in [0.15, 0.2) is 51.9 Å². The minimum atomic E-state index is -0.640. The van der Waals surface area contributed by atoms with Crippen LogP contribution in [0, 0.1) is 0 Å². The van der Waals surface area contributed by atoms with E-state index in [0.29, 0.717) is 39.9 Å². The Morgan fingerprint density at radius 2 is 2.07 bits per heavy atom. The molecule has 0 radical (unpaired) electrons. The average molecular weight is 413 g/mol. The van der Waals surface area contributed by atoms with E-state index in [0.717, 1.165) is 0 Å². The Balaban J connectivity index is 1.62. The van der Waals surface area contributed by atoms with Crippen LogP contribution in [-0.2, 0) is 6.42 Å². The minimum Gasteiger partial charge on any atom is -0.497 e. The van der Waals surface area contributed by atoms with Crippen molar-refractivity contribution in [2.24, 2.45) is 0 Å². The number of anilines is 1. The molecular weight excluding hydrogens is 396 g/mol. The number of benzene rings is 1. The smallest absolute Gasteiger partial charge is 0.261 e. The standard InChI is InChI=1S/C21H17ClN2O5/c1-28-14-8-12(22)7-13(9-14)23-20(26)16-10-15-17(24-21(16)27)5-11(6-18(15)25)19-3-2-4-29-19/h2-4,7-11H,5-6H2,1H3,(H,23,26)(H,24,27)/t11-/m0/s1. The molecule has 2 heterocycles. The number of aromatic amines is 1. The number of H-pyrrole nitrogens is 1. The Morgan fingerprint density at radius 3 is 2.79 bits per heavy atom. The van der Waals surface area contributed by atoms with E-state index in [-0.39, 0.29) is 23.7 Å². The quantitative estimate of drug-likeness (QED) is 0.678. The second-order valence-electron chi connectivity index (χ2n) is 6.78. The van der Waals surface area contributed by atoms with E-state index in [1.54, 1.807) is 24.5 Å². The van der Waals surface area contributed by atoms with Gasteiger partial charge in [0.15, 0.2) is 5.78 Å². The molecule has 2 aromatic heterocycles. The predicted octanol–water partition coefficient (Wildman–Crippen LogP) is 3.79. The van der Waals surface area contributed by atoms with E-state index in [9.17, 15) is 14.4 Å². The van der Waals surface area contributed by atoms with Crippen LogP contribution in [0.1, 0.15) is 44.5 Å². The highest BCUT2D eigenvalue weighted by Crippen LogP contribution is 2.32. The fourth-order valence-corrected chi connectivity index (χ4v) is 3.70. The summed E-state index contributed by atoms with van der Waals surface area (Å²) in [6, 6.07) is 9.63. The van der Waals surface area contributed by atoms with Gasteiger partial charge in [-0.05, 0) is 36.8 Å². The molecule has 0 spiro atoms. The van der Waals surface area contributed by atoms with Gasteiger partial charge in [0.2, 0.25) is 0 Å². The number of pyridine rings is 1. The molecule has 2 N–H and O–H groups in total. The molecule has 0 bridgehead atoms. The number of carbonyl (C=O) groups is 2. The third kappa shape index (κ3) is 3.82. The van der Waals surface area contributed by atoms with E-state index < -0.39 is 11.5 Å². The molecule has 1 aliphatic carbocycles. The van der Waals surface area contributed by atoms with Gasteiger partial charge >= 0.3 is 0 Å². The lowest BCUT2D eigenvalue weighted by molar-refractivity contribution is 0.0959. The molecule has 7 nitrogen and oxygen atoms in total. The number of hydrogen-bond acceptors (Lipinski definition) is 5. The summed E-state index contributed by atoms with van der Waals surface area (Å²) in [5.41, 5.74) is 0.520. The molecule has 3 aromatic rings. The summed E-state index contributed by atoms with van der Waals surface area (Å²) in [5, 5.41) is 2.99. The molecule has 148 valence electrons. The largest absolute Gasteiger partial charge is 0.497 e. The van der Waals surface area contributed by atoms with Crippen LogP contribution in [0.4, 0.5) is 5.69 Å². The third-order valence-electron chi connectivity index (χ3n) is 4.86. The third-order valence-corrected chi connectivity index (χ3v) is 5.08. The lowest BCUT2D eigenvalue weighted by Crippen LogP contribution is -2.29. The summed E-state index contributed by atoms with van der Waals surface area (Å²) in [5.74, 6) is 0.230. The van der Waals surface area contributed by atoms with Gasteiger partial charge in [-0.25, -0.2) is 0 Å². The molecule has 0 saturated heterocycles. The van der Waals surface area contributed by atoms with Crippen LogP contribution < -0.4 is 15.6 Å². The number of ketones is 1. The van der Waals surface area contributed by atoms with Crippen molar-refractivity contribution in [2.75, 3.05) is 12.4 Å². The number of furan rings is 1. The lowest BCUT2D eigenvalue weighted by Gasteiger charge is -2.22. The second-order valence-corrected chi connectivity index (χ2v) is 7.22. The van der Waals surface area contributed by atoms with Crippen molar-refractivity contribution in [1.29, 1.82) is 0 Å². The van der Waals surface area contributed by atoms with E-state index in [1.165, 1.54) is 19.2 Å². The van der Waals surface area contributed by atoms with Crippen molar-refractivity contribution in [3.05, 3.63) is 80.6 Å². The zero-order valence-corrected chi connectivity index (χ0v) is 16.2. The van der Waals surface area contributed by atoms with Crippen molar-refractivity contribution >= 4 is 29.0 Å². The first-order chi connectivity index (χ1) is 13.9. The summed E-state index contributed by atoms with van der Waals surface area (Å²) in [4.78, 5) is 40.5. The molecule has 0 aliphatic heterocycles. The minimum absolute atomic E-state index is 0.140. The highest BCUT2D eigenvalue weighted by molar-refractivity contribution is 6.31. The average Bonchev–Trinajstić information content (AvgIpc) is 3.21. The number of aromatic nitrogens is 1. The normalized spacial score (nSPS) is 15.7.